The fourth-order valence-corrected chi connectivity index (χ4v) is 3.73. The predicted molar refractivity (Wildman–Crippen MR) is 104 cm³/mol. The molecule has 0 amide bonds. The Kier molecular flexibility index (Phi) is 4.83. The van der Waals surface area contributed by atoms with Gasteiger partial charge in [0, 0.05) is 25.1 Å². The molecule has 3 aromatic rings. The lowest BCUT2D eigenvalue weighted by atomic mass is 10.0. The molecule has 0 saturated heterocycles. The summed E-state index contributed by atoms with van der Waals surface area (Å²) in [7, 11) is 0. The van der Waals surface area contributed by atoms with Gasteiger partial charge in [0.05, 0.1) is 10.9 Å². The van der Waals surface area contributed by atoms with Crippen molar-refractivity contribution in [2.75, 3.05) is 0 Å². The number of aliphatic carboxylic acids is 1. The number of carbonyl (C=O) groups is 1. The second-order valence-electron chi connectivity index (χ2n) is 7.01. The molecule has 1 atom stereocenters. The second-order valence-corrected chi connectivity index (χ2v) is 7.01. The van der Waals surface area contributed by atoms with Crippen LogP contribution in [-0.4, -0.2) is 31.8 Å². The molecule has 3 N–H and O–H groups in total. The first-order valence-electron chi connectivity index (χ1n) is 9.29. The first-order chi connectivity index (χ1) is 13.5. The molecule has 28 heavy (non-hydrogen) atoms. The molecular formula is C21H21N3O4. The van der Waals surface area contributed by atoms with Gasteiger partial charge in [0.2, 0.25) is 0 Å². The van der Waals surface area contributed by atoms with Crippen molar-refractivity contribution in [3.05, 3.63) is 69.8 Å². The van der Waals surface area contributed by atoms with Crippen LogP contribution in [0.4, 0.5) is 0 Å². The summed E-state index contributed by atoms with van der Waals surface area (Å²) >= 11 is 0. The summed E-state index contributed by atoms with van der Waals surface area (Å²) in [5.74, 6) is -0.268. The highest BCUT2D eigenvalue weighted by Crippen LogP contribution is 2.25. The van der Waals surface area contributed by atoms with Crippen molar-refractivity contribution in [1.29, 1.82) is 0 Å². The van der Waals surface area contributed by atoms with E-state index in [1.165, 1.54) is 6.07 Å². The van der Waals surface area contributed by atoms with Crippen LogP contribution in [0, 0.1) is 0 Å². The van der Waals surface area contributed by atoms with Crippen LogP contribution in [0.25, 0.3) is 10.9 Å². The number of fused-ring (bicyclic) bond motifs is 2. The maximum atomic E-state index is 12.9. The molecule has 0 aliphatic carbocycles. The Bertz CT molecular complexity index is 1090. The van der Waals surface area contributed by atoms with Crippen LogP contribution in [-0.2, 0) is 30.7 Å². The maximum absolute atomic E-state index is 12.9. The highest BCUT2D eigenvalue weighted by Gasteiger charge is 2.22. The molecule has 144 valence electrons. The number of phenolic OH excluding ortho intramolecular Hbond substituents is 1. The average molecular weight is 379 g/mol. The van der Waals surface area contributed by atoms with E-state index in [2.05, 4.69) is 10.3 Å². The van der Waals surface area contributed by atoms with Crippen LogP contribution < -0.4 is 10.9 Å². The SMILES string of the molecule is O=C(O)[C@H](Cc1ccccc1)NCc1c(O)ccc2nc3n(c(=O)c12)CCC3. The highest BCUT2D eigenvalue weighted by molar-refractivity contribution is 5.84. The van der Waals surface area contributed by atoms with Crippen molar-refractivity contribution < 1.29 is 15.0 Å². The minimum absolute atomic E-state index is 0.0405. The normalized spacial score (nSPS) is 14.1. The lowest BCUT2D eigenvalue weighted by Crippen LogP contribution is -2.38. The number of phenols is 1. The third-order valence-electron chi connectivity index (χ3n) is 5.17. The summed E-state index contributed by atoms with van der Waals surface area (Å²) < 4.78 is 1.64. The van der Waals surface area contributed by atoms with Crippen molar-refractivity contribution in [2.45, 2.75) is 38.4 Å². The van der Waals surface area contributed by atoms with Gasteiger partial charge in [0.15, 0.2) is 0 Å². The van der Waals surface area contributed by atoms with Gasteiger partial charge in [-0.25, -0.2) is 4.98 Å². The minimum atomic E-state index is -0.987. The number of carboxylic acid groups (broad SMARTS) is 1. The fourth-order valence-electron chi connectivity index (χ4n) is 3.73. The van der Waals surface area contributed by atoms with Crippen molar-refractivity contribution in [2.24, 2.45) is 0 Å². The Balaban J connectivity index is 1.66. The number of nitrogens with one attached hydrogen (secondary N) is 1. The number of aromatic nitrogens is 2. The number of benzene rings is 2. The lowest BCUT2D eigenvalue weighted by molar-refractivity contribution is -0.139. The first kappa shape index (κ1) is 18.2. The molecule has 7 nitrogen and oxygen atoms in total. The number of aryl methyl sites for hydroxylation is 1. The van der Waals surface area contributed by atoms with Crippen LogP contribution >= 0.6 is 0 Å². The zero-order chi connectivity index (χ0) is 19.7. The molecule has 0 bridgehead atoms. The quantitative estimate of drug-likeness (QED) is 0.604. The molecule has 2 heterocycles. The van der Waals surface area contributed by atoms with Gasteiger partial charge < -0.3 is 10.2 Å². The molecule has 2 aromatic carbocycles. The summed E-state index contributed by atoms with van der Waals surface area (Å²) in [5, 5.41) is 23.3. The molecule has 0 saturated carbocycles. The molecule has 0 spiro atoms. The summed E-state index contributed by atoms with van der Waals surface area (Å²) in [4.78, 5) is 29.2. The monoisotopic (exact) mass is 379 g/mol. The molecule has 0 radical (unpaired) electrons. The molecule has 0 fully saturated rings. The van der Waals surface area contributed by atoms with E-state index in [1.807, 2.05) is 30.3 Å². The summed E-state index contributed by atoms with van der Waals surface area (Å²) in [6.07, 6.45) is 1.93. The van der Waals surface area contributed by atoms with Gasteiger partial charge in [-0.2, -0.15) is 0 Å². The molecule has 4 rings (SSSR count). The zero-order valence-electron chi connectivity index (χ0n) is 15.3. The predicted octanol–water partition coefficient (Wildman–Crippen LogP) is 1.83. The average Bonchev–Trinajstić information content (AvgIpc) is 3.16. The third-order valence-corrected chi connectivity index (χ3v) is 5.17. The standard InChI is InChI=1S/C21H21N3O4/c25-17-9-8-15-19(20(26)24-10-4-7-18(24)23-15)14(17)12-22-16(21(27)28)11-13-5-2-1-3-6-13/h1-3,5-6,8-9,16,22,25H,4,7,10-12H2,(H,27,28)/t16-/m0/s1. The summed E-state index contributed by atoms with van der Waals surface area (Å²) in [5.41, 5.74) is 1.63. The lowest BCUT2D eigenvalue weighted by Gasteiger charge is -2.16. The minimum Gasteiger partial charge on any atom is -0.508 e. The topological polar surface area (TPSA) is 104 Å². The van der Waals surface area contributed by atoms with Crippen molar-refractivity contribution >= 4 is 16.9 Å². The summed E-state index contributed by atoms with van der Waals surface area (Å²) in [6.45, 7) is 0.675. The molecule has 7 heteroatoms. The van der Waals surface area contributed by atoms with Crippen LogP contribution in [0.2, 0.25) is 0 Å². The molecule has 1 aliphatic heterocycles. The molecule has 1 aromatic heterocycles. The second kappa shape index (κ2) is 7.44. The Morgan fingerprint density at radius 1 is 1.21 bits per heavy atom. The van der Waals surface area contributed by atoms with Crippen LogP contribution in [0.3, 0.4) is 0 Å². The number of aromatic hydroxyl groups is 1. The smallest absolute Gasteiger partial charge is 0.321 e. The van der Waals surface area contributed by atoms with Crippen molar-refractivity contribution in [3.63, 3.8) is 0 Å². The largest absolute Gasteiger partial charge is 0.508 e. The Morgan fingerprint density at radius 2 is 2.00 bits per heavy atom. The van der Waals surface area contributed by atoms with Gasteiger partial charge in [-0.05, 0) is 30.5 Å². The van der Waals surface area contributed by atoms with E-state index in [1.54, 1.807) is 10.6 Å². The van der Waals surface area contributed by atoms with Crippen LogP contribution in [0.5, 0.6) is 5.75 Å². The van der Waals surface area contributed by atoms with E-state index in [-0.39, 0.29) is 17.9 Å². The fraction of sp³-hybridized carbons (Fsp3) is 0.286. The van der Waals surface area contributed by atoms with Crippen LogP contribution in [0.1, 0.15) is 23.4 Å². The van der Waals surface area contributed by atoms with Crippen LogP contribution in [0.15, 0.2) is 47.3 Å². The molecule has 0 unspecified atom stereocenters. The Labute approximate surface area is 161 Å². The number of hydrogen-bond donors (Lipinski definition) is 3. The van der Waals surface area contributed by atoms with E-state index in [9.17, 15) is 19.8 Å². The van der Waals surface area contributed by atoms with Gasteiger partial charge in [0.25, 0.3) is 5.56 Å². The molecule has 1 aliphatic rings. The van der Waals surface area contributed by atoms with E-state index in [0.29, 0.717) is 29.4 Å². The zero-order valence-corrected chi connectivity index (χ0v) is 15.3. The van der Waals surface area contributed by atoms with Gasteiger partial charge in [-0.15, -0.1) is 0 Å². The van der Waals surface area contributed by atoms with E-state index in [4.69, 9.17) is 0 Å². The first-order valence-corrected chi connectivity index (χ1v) is 9.29. The van der Waals surface area contributed by atoms with Gasteiger partial charge in [-0.3, -0.25) is 19.5 Å². The van der Waals surface area contributed by atoms with E-state index >= 15 is 0 Å². The maximum Gasteiger partial charge on any atom is 0.321 e. The van der Waals surface area contributed by atoms with Crippen molar-refractivity contribution in [3.8, 4) is 5.75 Å². The highest BCUT2D eigenvalue weighted by atomic mass is 16.4. The van der Waals surface area contributed by atoms with Gasteiger partial charge >= 0.3 is 5.97 Å². The number of nitrogens with zero attached hydrogens (tertiary/aromatic N) is 2. The summed E-state index contributed by atoms with van der Waals surface area (Å²) in [6, 6.07) is 11.6. The molecular weight excluding hydrogens is 358 g/mol. The van der Waals surface area contributed by atoms with E-state index in [0.717, 1.165) is 24.2 Å². The van der Waals surface area contributed by atoms with E-state index < -0.39 is 12.0 Å². The Morgan fingerprint density at radius 3 is 2.75 bits per heavy atom. The Hall–Kier alpha value is -3.19. The number of hydrogen-bond acceptors (Lipinski definition) is 5. The number of rotatable bonds is 6. The van der Waals surface area contributed by atoms with Crippen molar-refractivity contribution in [1.82, 2.24) is 14.9 Å². The van der Waals surface area contributed by atoms with Gasteiger partial charge in [-0.1, -0.05) is 30.3 Å². The van der Waals surface area contributed by atoms with Gasteiger partial charge in [0.1, 0.15) is 17.6 Å². The number of carboxylic acids is 1. The third kappa shape index (κ3) is 3.36.